The summed E-state index contributed by atoms with van der Waals surface area (Å²) in [6, 6.07) is 0. The van der Waals surface area contributed by atoms with E-state index in [2.05, 4.69) is 63.7 Å². The van der Waals surface area contributed by atoms with Crippen LogP contribution in [0.5, 0.6) is 0 Å². The number of hydrogen-bond donors (Lipinski definition) is 0. The van der Waals surface area contributed by atoms with Gasteiger partial charge >= 0.3 is 6.16 Å². The molecule has 0 aliphatic carbocycles. The maximum absolute atomic E-state index is 10.9. The van der Waals surface area contributed by atoms with Crippen molar-refractivity contribution in [2.45, 2.75) is 0 Å². The number of ether oxygens (including phenoxy) is 2. The highest BCUT2D eigenvalue weighted by atomic mass is 79.9. The fraction of sp³-hybridized carbons (Fsp3) is 0.286. The van der Waals surface area contributed by atoms with E-state index < -0.39 is 6.16 Å². The Labute approximate surface area is 115 Å². The Morgan fingerprint density at radius 2 is 1.36 bits per heavy atom. The Hall–Kier alpha value is 0.670. The molecule has 0 fully saturated rings. The van der Waals surface area contributed by atoms with Crippen molar-refractivity contribution in [3.63, 3.8) is 0 Å². The van der Waals surface area contributed by atoms with E-state index >= 15 is 0 Å². The summed E-state index contributed by atoms with van der Waals surface area (Å²) in [6.07, 6.45) is -0.720. The minimum atomic E-state index is -0.720. The lowest BCUT2D eigenvalue weighted by Crippen LogP contribution is -2.09. The molecule has 0 radical (unpaired) electrons. The van der Waals surface area contributed by atoms with E-state index in [1.807, 2.05) is 0 Å². The van der Waals surface area contributed by atoms with Gasteiger partial charge in [-0.15, -0.1) is 0 Å². The van der Waals surface area contributed by atoms with Crippen molar-refractivity contribution in [1.29, 1.82) is 0 Å². The van der Waals surface area contributed by atoms with Gasteiger partial charge in [0.2, 0.25) is 0 Å². The van der Waals surface area contributed by atoms with Crippen LogP contribution in [0.2, 0.25) is 0 Å². The Bertz CT molecular complexity index is 225. The van der Waals surface area contributed by atoms with Gasteiger partial charge in [-0.3, -0.25) is 0 Å². The molecule has 0 spiro atoms. The maximum atomic E-state index is 10.9. The van der Waals surface area contributed by atoms with Gasteiger partial charge in [-0.05, 0) is 9.97 Å². The predicted octanol–water partition coefficient (Wildman–Crippen LogP) is 4.40. The average molecular weight is 458 g/mol. The van der Waals surface area contributed by atoms with E-state index in [0.717, 1.165) is 0 Å². The van der Waals surface area contributed by atoms with Crippen molar-refractivity contribution in [2.75, 3.05) is 13.2 Å². The minimum absolute atomic E-state index is 0.139. The lowest BCUT2D eigenvalue weighted by atomic mass is 10.7. The molecule has 0 N–H and O–H groups in total. The molecular weight excluding hydrogens is 452 g/mol. The second-order valence-electron chi connectivity index (χ2n) is 1.94. The van der Waals surface area contributed by atoms with Gasteiger partial charge in [0.05, 0.1) is 0 Å². The zero-order valence-electron chi connectivity index (χ0n) is 6.81. The maximum Gasteiger partial charge on any atom is 0.508 e. The predicted molar refractivity (Wildman–Crippen MR) is 69.2 cm³/mol. The highest BCUT2D eigenvalue weighted by Crippen LogP contribution is 2.10. The molecule has 3 nitrogen and oxygen atoms in total. The molecule has 0 saturated heterocycles. The second-order valence-corrected chi connectivity index (χ2v) is 4.89. The topological polar surface area (TPSA) is 35.5 Å². The fourth-order valence-electron chi connectivity index (χ4n) is 0.360. The molecule has 0 unspecified atom stereocenters. The van der Waals surface area contributed by atoms with Crippen LogP contribution in [0, 0.1) is 0 Å². The first kappa shape index (κ1) is 14.7. The van der Waals surface area contributed by atoms with Crippen LogP contribution >= 0.6 is 63.7 Å². The molecule has 0 bridgehead atoms. The van der Waals surface area contributed by atoms with E-state index in [0.29, 0.717) is 8.96 Å². The molecule has 14 heavy (non-hydrogen) atoms. The first-order valence-electron chi connectivity index (χ1n) is 3.29. The third-order valence-corrected chi connectivity index (χ3v) is 4.14. The van der Waals surface area contributed by atoms with Crippen LogP contribution in [0.3, 0.4) is 0 Å². The molecule has 0 aromatic heterocycles. The second kappa shape index (κ2) is 8.94. The summed E-state index contributed by atoms with van der Waals surface area (Å²) < 4.78 is 10.9. The highest BCUT2D eigenvalue weighted by Gasteiger charge is 2.04. The number of carbonyl (C=O) groups excluding carboxylic acids is 1. The summed E-state index contributed by atoms with van der Waals surface area (Å²) in [5.41, 5.74) is 0. The number of hydrogen-bond acceptors (Lipinski definition) is 3. The third-order valence-electron chi connectivity index (χ3n) is 0.893. The van der Waals surface area contributed by atoms with E-state index in [-0.39, 0.29) is 13.2 Å². The number of halogens is 4. The molecule has 0 aliphatic heterocycles. The van der Waals surface area contributed by atoms with Gasteiger partial charge in [0, 0.05) is 8.96 Å². The molecule has 7 heteroatoms. The quantitative estimate of drug-likeness (QED) is 0.587. The summed E-state index contributed by atoms with van der Waals surface area (Å²) in [5.74, 6) is 0. The Morgan fingerprint density at radius 1 is 1.00 bits per heavy atom. The van der Waals surface area contributed by atoms with Crippen molar-refractivity contribution in [2.24, 2.45) is 0 Å². The van der Waals surface area contributed by atoms with Crippen LogP contribution < -0.4 is 0 Å². The SMILES string of the molecule is O=C(OC/C(Br)=C/Br)OC/C(Br)=C/Br. The van der Waals surface area contributed by atoms with Crippen LogP contribution in [0.25, 0.3) is 0 Å². The molecule has 0 aromatic carbocycles. The fourth-order valence-corrected chi connectivity index (χ4v) is 0.854. The van der Waals surface area contributed by atoms with Gasteiger partial charge in [-0.1, -0.05) is 63.7 Å². The molecule has 0 saturated carbocycles. The van der Waals surface area contributed by atoms with Gasteiger partial charge in [0.25, 0.3) is 0 Å². The van der Waals surface area contributed by atoms with Gasteiger partial charge < -0.3 is 9.47 Å². The summed E-state index contributed by atoms with van der Waals surface area (Å²) in [4.78, 5) is 14.1. The monoisotopic (exact) mass is 454 g/mol. The van der Waals surface area contributed by atoms with E-state index in [9.17, 15) is 4.79 Å². The van der Waals surface area contributed by atoms with E-state index in [4.69, 9.17) is 9.47 Å². The largest absolute Gasteiger partial charge is 0.508 e. The van der Waals surface area contributed by atoms with Crippen LogP contribution in [0.15, 0.2) is 18.9 Å². The average Bonchev–Trinajstić information content (AvgIpc) is 2.22. The molecule has 0 heterocycles. The summed E-state index contributed by atoms with van der Waals surface area (Å²) in [6.45, 7) is 0.277. The summed E-state index contributed by atoms with van der Waals surface area (Å²) in [5, 5.41) is 0. The molecule has 0 amide bonds. The number of rotatable bonds is 4. The molecule has 0 rings (SSSR count). The first-order valence-corrected chi connectivity index (χ1v) is 6.71. The van der Waals surface area contributed by atoms with Crippen molar-refractivity contribution in [3.8, 4) is 0 Å². The smallest absolute Gasteiger partial charge is 0.429 e. The van der Waals surface area contributed by atoms with E-state index in [1.165, 1.54) is 0 Å². The number of carbonyl (C=O) groups is 1. The van der Waals surface area contributed by atoms with Gasteiger partial charge in [0.15, 0.2) is 0 Å². The molecule has 80 valence electrons. The van der Waals surface area contributed by atoms with Crippen LogP contribution in [0.4, 0.5) is 4.79 Å². The molecule has 0 atom stereocenters. The highest BCUT2D eigenvalue weighted by molar-refractivity contribution is 9.14. The molecular formula is C7H6Br4O3. The zero-order valence-corrected chi connectivity index (χ0v) is 13.1. The van der Waals surface area contributed by atoms with Crippen molar-refractivity contribution in [1.82, 2.24) is 0 Å². The van der Waals surface area contributed by atoms with Crippen molar-refractivity contribution < 1.29 is 14.3 Å². The summed E-state index contributed by atoms with van der Waals surface area (Å²) in [7, 11) is 0. The van der Waals surface area contributed by atoms with Crippen molar-refractivity contribution >= 4 is 69.9 Å². The van der Waals surface area contributed by atoms with E-state index in [1.54, 1.807) is 9.97 Å². The summed E-state index contributed by atoms with van der Waals surface area (Å²) >= 11 is 12.5. The molecule has 0 aliphatic rings. The van der Waals surface area contributed by atoms with Crippen LogP contribution in [0.1, 0.15) is 0 Å². The van der Waals surface area contributed by atoms with Crippen LogP contribution in [-0.2, 0) is 9.47 Å². The minimum Gasteiger partial charge on any atom is -0.429 e. The zero-order chi connectivity index (χ0) is 11.0. The van der Waals surface area contributed by atoms with Gasteiger partial charge in [0.1, 0.15) is 13.2 Å². The Kier molecular flexibility index (Phi) is 9.36. The van der Waals surface area contributed by atoms with Gasteiger partial charge in [-0.2, -0.15) is 0 Å². The first-order chi connectivity index (χ1) is 6.60. The normalized spacial score (nSPS) is 12.6. The lowest BCUT2D eigenvalue weighted by Gasteiger charge is -2.04. The van der Waals surface area contributed by atoms with Crippen LogP contribution in [-0.4, -0.2) is 19.4 Å². The Morgan fingerprint density at radius 3 is 1.64 bits per heavy atom. The molecule has 0 aromatic rings. The van der Waals surface area contributed by atoms with Crippen molar-refractivity contribution in [3.05, 3.63) is 18.9 Å². The Balaban J connectivity index is 3.67. The lowest BCUT2D eigenvalue weighted by molar-refractivity contribution is 0.0709. The third kappa shape index (κ3) is 8.02. The van der Waals surface area contributed by atoms with Gasteiger partial charge in [-0.25, -0.2) is 4.79 Å². The standard InChI is InChI=1S/C7H6Br4O3/c8-1-5(10)3-13-7(12)14-4-6(11)2-9/h1-2H,3-4H2/b5-1-,6-2-.